The molecule has 0 spiro atoms. The van der Waals surface area contributed by atoms with E-state index in [9.17, 15) is 0 Å². The van der Waals surface area contributed by atoms with Crippen LogP contribution in [0.1, 0.15) is 33.2 Å². The molecule has 0 N–H and O–H groups in total. The molecule has 0 saturated carbocycles. The van der Waals surface area contributed by atoms with Crippen molar-refractivity contribution in [1.82, 2.24) is 0 Å². The summed E-state index contributed by atoms with van der Waals surface area (Å²) in [6, 6.07) is 12.7. The van der Waals surface area contributed by atoms with Gasteiger partial charge in [0, 0.05) is 4.47 Å². The number of alkyl halides is 1. The molecule has 0 aliphatic heterocycles. The summed E-state index contributed by atoms with van der Waals surface area (Å²) >= 11 is 10.1. The Labute approximate surface area is 122 Å². The van der Waals surface area contributed by atoms with E-state index in [0.717, 1.165) is 15.6 Å². The summed E-state index contributed by atoms with van der Waals surface area (Å²) in [6.07, 6.45) is 0. The molecule has 0 saturated heterocycles. The van der Waals surface area contributed by atoms with E-state index in [1.54, 1.807) is 0 Å². The fourth-order valence-corrected chi connectivity index (χ4v) is 2.91. The maximum atomic E-state index is 6.58. The Balaban J connectivity index is 2.40. The molecule has 0 amide bonds. The van der Waals surface area contributed by atoms with E-state index in [1.807, 2.05) is 0 Å². The molecule has 0 heterocycles. The Bertz CT molecular complexity index is 555. The fourth-order valence-electron chi connectivity index (χ4n) is 2.03. The van der Waals surface area contributed by atoms with Gasteiger partial charge in [-0.3, -0.25) is 0 Å². The lowest BCUT2D eigenvalue weighted by Gasteiger charge is -2.13. The summed E-state index contributed by atoms with van der Waals surface area (Å²) in [6.45, 7) is 6.32. The lowest BCUT2D eigenvalue weighted by atomic mass is 9.99. The molecule has 2 heteroatoms. The van der Waals surface area contributed by atoms with Crippen LogP contribution in [0.2, 0.25) is 0 Å². The predicted molar refractivity (Wildman–Crippen MR) is 82.5 cm³/mol. The smallest absolute Gasteiger partial charge is 0.0836 e. The van der Waals surface area contributed by atoms with Crippen LogP contribution >= 0.6 is 27.5 Å². The standard InChI is InChI=1S/C16H16BrCl/c1-10-6-14(9-15(17)7-10)16(18)13-5-4-11(2)12(3)8-13/h4-9,16H,1-3H3. The zero-order valence-electron chi connectivity index (χ0n) is 10.8. The number of aryl methyl sites for hydroxylation is 3. The van der Waals surface area contributed by atoms with Gasteiger partial charge in [-0.25, -0.2) is 0 Å². The maximum Gasteiger partial charge on any atom is 0.0836 e. The van der Waals surface area contributed by atoms with E-state index in [2.05, 4.69) is 73.1 Å². The van der Waals surface area contributed by atoms with Crippen molar-refractivity contribution >= 4 is 27.5 Å². The highest BCUT2D eigenvalue weighted by Crippen LogP contribution is 2.32. The molecule has 94 valence electrons. The molecule has 18 heavy (non-hydrogen) atoms. The van der Waals surface area contributed by atoms with Crippen LogP contribution in [0.4, 0.5) is 0 Å². The Kier molecular flexibility index (Phi) is 4.14. The Morgan fingerprint density at radius 2 is 1.61 bits per heavy atom. The van der Waals surface area contributed by atoms with Crippen LogP contribution in [0.3, 0.4) is 0 Å². The monoisotopic (exact) mass is 322 g/mol. The van der Waals surface area contributed by atoms with E-state index >= 15 is 0 Å². The van der Waals surface area contributed by atoms with E-state index in [4.69, 9.17) is 11.6 Å². The highest BCUT2D eigenvalue weighted by atomic mass is 79.9. The molecule has 0 nitrogen and oxygen atoms in total. The van der Waals surface area contributed by atoms with Gasteiger partial charge in [-0.15, -0.1) is 11.6 Å². The second-order valence-corrected chi connectivity index (χ2v) is 6.12. The third-order valence-electron chi connectivity index (χ3n) is 3.18. The van der Waals surface area contributed by atoms with Gasteiger partial charge in [-0.1, -0.05) is 40.2 Å². The van der Waals surface area contributed by atoms with Gasteiger partial charge >= 0.3 is 0 Å². The molecule has 1 unspecified atom stereocenters. The summed E-state index contributed by atoms with van der Waals surface area (Å²) in [5.41, 5.74) is 6.08. The number of hydrogen-bond donors (Lipinski definition) is 0. The average molecular weight is 324 g/mol. The first-order chi connectivity index (χ1) is 8.47. The van der Waals surface area contributed by atoms with Crippen LogP contribution in [0.25, 0.3) is 0 Å². The van der Waals surface area contributed by atoms with E-state index in [0.29, 0.717) is 0 Å². The zero-order chi connectivity index (χ0) is 13.3. The minimum Gasteiger partial charge on any atom is -0.113 e. The lowest BCUT2D eigenvalue weighted by molar-refractivity contribution is 1.11. The van der Waals surface area contributed by atoms with Crippen LogP contribution in [-0.2, 0) is 0 Å². The van der Waals surface area contributed by atoms with Crippen LogP contribution in [0, 0.1) is 20.8 Å². The van der Waals surface area contributed by atoms with Gasteiger partial charge in [0.1, 0.15) is 0 Å². The molecule has 1 atom stereocenters. The van der Waals surface area contributed by atoms with Crippen LogP contribution in [-0.4, -0.2) is 0 Å². The predicted octanol–water partition coefficient (Wildman–Crippen LogP) is 5.70. The quantitative estimate of drug-likeness (QED) is 0.622. The van der Waals surface area contributed by atoms with Crippen molar-refractivity contribution in [2.75, 3.05) is 0 Å². The molecule has 0 bridgehead atoms. The van der Waals surface area contributed by atoms with Gasteiger partial charge in [-0.05, 0) is 60.7 Å². The van der Waals surface area contributed by atoms with Crippen molar-refractivity contribution in [2.45, 2.75) is 26.1 Å². The highest BCUT2D eigenvalue weighted by molar-refractivity contribution is 9.10. The zero-order valence-corrected chi connectivity index (χ0v) is 13.1. The Morgan fingerprint density at radius 1 is 0.889 bits per heavy atom. The summed E-state index contributed by atoms with van der Waals surface area (Å²) < 4.78 is 1.08. The molecule has 2 aromatic rings. The third-order valence-corrected chi connectivity index (χ3v) is 4.14. The van der Waals surface area contributed by atoms with Gasteiger partial charge in [0.25, 0.3) is 0 Å². The fraction of sp³-hybridized carbons (Fsp3) is 0.250. The van der Waals surface area contributed by atoms with Crippen molar-refractivity contribution in [3.8, 4) is 0 Å². The first kappa shape index (κ1) is 13.6. The summed E-state index contributed by atoms with van der Waals surface area (Å²) in [7, 11) is 0. The number of halogens is 2. The van der Waals surface area contributed by atoms with Crippen molar-refractivity contribution in [2.24, 2.45) is 0 Å². The largest absolute Gasteiger partial charge is 0.113 e. The molecule has 2 rings (SSSR count). The summed E-state index contributed by atoms with van der Waals surface area (Å²) in [5.74, 6) is 0. The molecule has 0 aliphatic rings. The molecule has 0 fully saturated rings. The van der Waals surface area contributed by atoms with Crippen LogP contribution < -0.4 is 0 Å². The van der Waals surface area contributed by atoms with Gasteiger partial charge in [0.15, 0.2) is 0 Å². The highest BCUT2D eigenvalue weighted by Gasteiger charge is 2.12. The minimum atomic E-state index is -0.0968. The van der Waals surface area contributed by atoms with E-state index < -0.39 is 0 Å². The van der Waals surface area contributed by atoms with Crippen molar-refractivity contribution in [3.63, 3.8) is 0 Å². The molecule has 0 aromatic heterocycles. The number of rotatable bonds is 2. The lowest BCUT2D eigenvalue weighted by Crippen LogP contribution is -1.95. The molecular weight excluding hydrogens is 308 g/mol. The number of hydrogen-bond acceptors (Lipinski definition) is 0. The van der Waals surface area contributed by atoms with Gasteiger partial charge in [0.2, 0.25) is 0 Å². The second-order valence-electron chi connectivity index (χ2n) is 4.77. The average Bonchev–Trinajstić information content (AvgIpc) is 2.30. The maximum absolute atomic E-state index is 6.58. The normalized spacial score (nSPS) is 12.5. The van der Waals surface area contributed by atoms with Crippen LogP contribution in [0.5, 0.6) is 0 Å². The first-order valence-electron chi connectivity index (χ1n) is 5.95. The second kappa shape index (κ2) is 5.46. The number of benzene rings is 2. The third kappa shape index (κ3) is 2.96. The van der Waals surface area contributed by atoms with Crippen molar-refractivity contribution in [3.05, 3.63) is 68.7 Å². The SMILES string of the molecule is Cc1cc(Br)cc(C(Cl)c2ccc(C)c(C)c2)c1. The van der Waals surface area contributed by atoms with Gasteiger partial charge in [0.05, 0.1) is 5.38 Å². The Morgan fingerprint density at radius 3 is 2.22 bits per heavy atom. The van der Waals surface area contributed by atoms with Crippen LogP contribution in [0.15, 0.2) is 40.9 Å². The summed E-state index contributed by atoms with van der Waals surface area (Å²) in [5, 5.41) is -0.0968. The molecule has 0 aliphatic carbocycles. The first-order valence-corrected chi connectivity index (χ1v) is 7.18. The van der Waals surface area contributed by atoms with E-state index in [1.165, 1.54) is 16.7 Å². The topological polar surface area (TPSA) is 0 Å². The van der Waals surface area contributed by atoms with Gasteiger partial charge < -0.3 is 0 Å². The van der Waals surface area contributed by atoms with Gasteiger partial charge in [-0.2, -0.15) is 0 Å². The summed E-state index contributed by atoms with van der Waals surface area (Å²) in [4.78, 5) is 0. The minimum absolute atomic E-state index is 0.0968. The van der Waals surface area contributed by atoms with Crippen molar-refractivity contribution < 1.29 is 0 Å². The molecule has 2 aromatic carbocycles. The van der Waals surface area contributed by atoms with Crippen molar-refractivity contribution in [1.29, 1.82) is 0 Å². The van der Waals surface area contributed by atoms with E-state index in [-0.39, 0.29) is 5.38 Å². The molecule has 0 radical (unpaired) electrons. The Hall–Kier alpha value is -0.790. The molecular formula is C16H16BrCl.